The van der Waals surface area contributed by atoms with Crippen molar-refractivity contribution in [2.75, 3.05) is 5.75 Å². The fourth-order valence-corrected chi connectivity index (χ4v) is 2.16. The topological polar surface area (TPSA) is 17.1 Å². The Morgan fingerprint density at radius 2 is 2.08 bits per heavy atom. The van der Waals surface area contributed by atoms with Crippen LogP contribution >= 0.6 is 11.8 Å². The summed E-state index contributed by atoms with van der Waals surface area (Å²) in [5.41, 5.74) is 0. The van der Waals surface area contributed by atoms with Gasteiger partial charge in [-0.15, -0.1) is 0 Å². The predicted octanol–water partition coefficient (Wildman–Crippen LogP) is 3.24. The highest BCUT2D eigenvalue weighted by Gasteiger charge is 2.29. The van der Waals surface area contributed by atoms with Crippen molar-refractivity contribution in [3.63, 3.8) is 0 Å². The number of rotatable bonds is 6. The first-order valence-corrected chi connectivity index (χ1v) is 5.99. The van der Waals surface area contributed by atoms with Gasteiger partial charge in [0.25, 0.3) is 0 Å². The third-order valence-electron chi connectivity index (χ3n) is 2.15. The fourth-order valence-electron chi connectivity index (χ4n) is 1.14. The quantitative estimate of drug-likeness (QED) is 0.592. The normalized spacial score (nSPS) is 16.4. The first kappa shape index (κ1) is 10.1. The van der Waals surface area contributed by atoms with Gasteiger partial charge in [-0.2, -0.15) is 0 Å². The summed E-state index contributed by atoms with van der Waals surface area (Å²) in [6.45, 7) is 2.21. The van der Waals surface area contributed by atoms with Crippen molar-refractivity contribution in [2.24, 2.45) is 5.92 Å². The van der Waals surface area contributed by atoms with Gasteiger partial charge in [0.2, 0.25) is 0 Å². The maximum absolute atomic E-state index is 11.2. The monoisotopic (exact) mass is 186 g/mol. The lowest BCUT2D eigenvalue weighted by Gasteiger charge is -1.98. The van der Waals surface area contributed by atoms with Crippen molar-refractivity contribution in [2.45, 2.75) is 45.4 Å². The van der Waals surface area contributed by atoms with Crippen molar-refractivity contribution >= 4 is 16.9 Å². The lowest BCUT2D eigenvalue weighted by Crippen LogP contribution is -1.95. The largest absolute Gasteiger partial charge is 0.287 e. The van der Waals surface area contributed by atoms with Gasteiger partial charge in [0.1, 0.15) is 0 Å². The summed E-state index contributed by atoms with van der Waals surface area (Å²) in [7, 11) is 0. The molecule has 0 amide bonds. The van der Waals surface area contributed by atoms with E-state index in [1.165, 1.54) is 25.7 Å². The highest BCUT2D eigenvalue weighted by atomic mass is 32.2. The van der Waals surface area contributed by atoms with E-state index in [1.54, 1.807) is 11.8 Å². The lowest BCUT2D eigenvalue weighted by atomic mass is 10.2. The van der Waals surface area contributed by atoms with Crippen LogP contribution in [0.4, 0.5) is 0 Å². The van der Waals surface area contributed by atoms with Gasteiger partial charge in [0.15, 0.2) is 5.12 Å². The molecular weight excluding hydrogens is 168 g/mol. The summed E-state index contributed by atoms with van der Waals surface area (Å²) in [5, 5.41) is 0.450. The summed E-state index contributed by atoms with van der Waals surface area (Å²) < 4.78 is 0. The zero-order valence-corrected chi connectivity index (χ0v) is 8.66. The fraction of sp³-hybridized carbons (Fsp3) is 0.900. The molecule has 1 aliphatic carbocycles. The summed E-state index contributed by atoms with van der Waals surface area (Å²) in [4.78, 5) is 11.2. The molecule has 1 saturated carbocycles. The number of hydrogen-bond acceptors (Lipinski definition) is 2. The van der Waals surface area contributed by atoms with Crippen LogP contribution in [0.25, 0.3) is 0 Å². The Balaban J connectivity index is 1.84. The van der Waals surface area contributed by atoms with Gasteiger partial charge in [-0.05, 0) is 19.3 Å². The van der Waals surface area contributed by atoms with Gasteiger partial charge in [-0.1, -0.05) is 37.9 Å². The molecule has 1 fully saturated rings. The van der Waals surface area contributed by atoms with Crippen LogP contribution in [0.3, 0.4) is 0 Å². The van der Waals surface area contributed by atoms with E-state index in [0.717, 1.165) is 18.6 Å². The highest BCUT2D eigenvalue weighted by molar-refractivity contribution is 8.13. The Morgan fingerprint density at radius 3 is 2.67 bits per heavy atom. The third kappa shape index (κ3) is 4.15. The second-order valence-corrected chi connectivity index (χ2v) is 4.60. The zero-order valence-electron chi connectivity index (χ0n) is 7.84. The zero-order chi connectivity index (χ0) is 8.81. The molecule has 0 atom stereocenters. The Labute approximate surface area is 79.3 Å². The van der Waals surface area contributed by atoms with Crippen molar-refractivity contribution in [3.05, 3.63) is 0 Å². The van der Waals surface area contributed by atoms with Crippen molar-refractivity contribution < 1.29 is 4.79 Å². The van der Waals surface area contributed by atoms with Gasteiger partial charge in [-0.25, -0.2) is 0 Å². The van der Waals surface area contributed by atoms with E-state index in [9.17, 15) is 4.79 Å². The number of unbranched alkanes of at least 4 members (excludes halogenated alkanes) is 3. The molecule has 1 nitrogen and oxygen atoms in total. The molecule has 12 heavy (non-hydrogen) atoms. The standard InChI is InChI=1S/C10H18OS/c1-2-3-4-5-8-12-10(11)9-6-7-9/h9H,2-8H2,1H3. The van der Waals surface area contributed by atoms with Crippen LogP contribution in [0.2, 0.25) is 0 Å². The van der Waals surface area contributed by atoms with Crippen molar-refractivity contribution in [3.8, 4) is 0 Å². The predicted molar refractivity (Wildman–Crippen MR) is 54.3 cm³/mol. The molecule has 0 heterocycles. The minimum Gasteiger partial charge on any atom is -0.287 e. The van der Waals surface area contributed by atoms with E-state index < -0.39 is 0 Å². The average molecular weight is 186 g/mol. The number of carbonyl (C=O) groups is 1. The molecule has 0 aliphatic heterocycles. The minimum atomic E-state index is 0.446. The van der Waals surface area contributed by atoms with Crippen LogP contribution in [-0.4, -0.2) is 10.9 Å². The van der Waals surface area contributed by atoms with E-state index >= 15 is 0 Å². The van der Waals surface area contributed by atoms with Crippen LogP contribution < -0.4 is 0 Å². The van der Waals surface area contributed by atoms with Crippen LogP contribution in [0, 0.1) is 5.92 Å². The first-order valence-electron chi connectivity index (χ1n) is 5.01. The molecule has 0 spiro atoms. The molecule has 0 bridgehead atoms. The van der Waals surface area contributed by atoms with Gasteiger partial charge < -0.3 is 0 Å². The molecule has 0 radical (unpaired) electrons. The highest BCUT2D eigenvalue weighted by Crippen LogP contribution is 2.34. The molecule has 0 saturated heterocycles. The molecule has 0 unspecified atom stereocenters. The number of thioether (sulfide) groups is 1. The Hall–Kier alpha value is 0.0200. The van der Waals surface area contributed by atoms with Crippen molar-refractivity contribution in [1.82, 2.24) is 0 Å². The summed E-state index contributed by atoms with van der Waals surface area (Å²) in [6, 6.07) is 0. The van der Waals surface area contributed by atoms with E-state index in [2.05, 4.69) is 6.92 Å². The molecule has 0 aromatic heterocycles. The van der Waals surface area contributed by atoms with Crippen molar-refractivity contribution in [1.29, 1.82) is 0 Å². The summed E-state index contributed by atoms with van der Waals surface area (Å²) >= 11 is 1.56. The smallest absolute Gasteiger partial charge is 0.192 e. The Kier molecular flexibility index (Phi) is 4.74. The second-order valence-electron chi connectivity index (χ2n) is 3.50. The number of carbonyl (C=O) groups excluding carboxylic acids is 1. The van der Waals surface area contributed by atoms with E-state index in [1.807, 2.05) is 0 Å². The van der Waals surface area contributed by atoms with Gasteiger partial charge in [-0.3, -0.25) is 4.79 Å². The minimum absolute atomic E-state index is 0.446. The third-order valence-corrected chi connectivity index (χ3v) is 3.26. The Morgan fingerprint density at radius 1 is 1.33 bits per heavy atom. The maximum atomic E-state index is 11.2. The number of hydrogen-bond donors (Lipinski definition) is 0. The van der Waals surface area contributed by atoms with Crippen LogP contribution in [0.5, 0.6) is 0 Å². The van der Waals surface area contributed by atoms with Crippen LogP contribution in [0.15, 0.2) is 0 Å². The molecule has 70 valence electrons. The van der Waals surface area contributed by atoms with Crippen LogP contribution in [-0.2, 0) is 4.79 Å². The second kappa shape index (κ2) is 5.63. The average Bonchev–Trinajstić information content (AvgIpc) is 2.86. The molecule has 0 N–H and O–H groups in total. The molecule has 1 rings (SSSR count). The molecule has 1 aliphatic rings. The molecular formula is C10H18OS. The Bertz CT molecular complexity index is 141. The van der Waals surface area contributed by atoms with E-state index in [4.69, 9.17) is 0 Å². The van der Waals surface area contributed by atoms with Gasteiger partial charge >= 0.3 is 0 Å². The maximum Gasteiger partial charge on any atom is 0.192 e. The summed E-state index contributed by atoms with van der Waals surface area (Å²) in [6.07, 6.45) is 7.42. The van der Waals surface area contributed by atoms with E-state index in [-0.39, 0.29) is 0 Å². The van der Waals surface area contributed by atoms with Gasteiger partial charge in [0, 0.05) is 11.7 Å². The molecule has 0 aromatic rings. The van der Waals surface area contributed by atoms with Gasteiger partial charge in [0.05, 0.1) is 0 Å². The van der Waals surface area contributed by atoms with Crippen LogP contribution in [0.1, 0.15) is 45.4 Å². The first-order chi connectivity index (χ1) is 5.84. The SMILES string of the molecule is CCCCCCSC(=O)C1CC1. The summed E-state index contributed by atoms with van der Waals surface area (Å²) in [5.74, 6) is 1.50. The molecule has 2 heteroatoms. The van der Waals surface area contributed by atoms with E-state index in [0.29, 0.717) is 11.0 Å². The lowest BCUT2D eigenvalue weighted by molar-refractivity contribution is -0.112. The molecule has 0 aromatic carbocycles.